The van der Waals surface area contributed by atoms with Gasteiger partial charge in [-0.2, -0.15) is 0 Å². The Morgan fingerprint density at radius 1 is 0.844 bits per heavy atom. The Labute approximate surface area is 264 Å². The van der Waals surface area contributed by atoms with E-state index >= 15 is 0 Å². The lowest BCUT2D eigenvalue weighted by Crippen LogP contribution is -2.58. The molecule has 0 aliphatic carbocycles. The second-order valence-electron chi connectivity index (χ2n) is 11.8. The summed E-state index contributed by atoms with van der Waals surface area (Å²) in [6.45, 7) is 1.86. The molecule has 45 heavy (non-hydrogen) atoms. The zero-order valence-corrected chi connectivity index (χ0v) is 25.9. The van der Waals surface area contributed by atoms with E-state index in [4.69, 9.17) is 4.74 Å². The molecule has 3 aromatic rings. The monoisotopic (exact) mass is 610 g/mol. The van der Waals surface area contributed by atoms with Gasteiger partial charge in [-0.3, -0.25) is 14.4 Å². The molecule has 236 valence electrons. The third kappa shape index (κ3) is 7.42. The summed E-state index contributed by atoms with van der Waals surface area (Å²) < 4.78 is 5.69. The first-order chi connectivity index (χ1) is 21.9. The van der Waals surface area contributed by atoms with Crippen LogP contribution in [-0.4, -0.2) is 66.4 Å². The normalized spacial score (nSPS) is 21.8. The summed E-state index contributed by atoms with van der Waals surface area (Å²) in [7, 11) is 1.70. The first kappa shape index (κ1) is 31.9. The molecule has 9 heteroatoms. The first-order valence-electron chi connectivity index (χ1n) is 15.8. The van der Waals surface area contributed by atoms with Crippen LogP contribution in [0.4, 0.5) is 0 Å². The number of carbonyl (C=O) groups excluding carboxylic acids is 4. The number of esters is 1. The van der Waals surface area contributed by atoms with E-state index in [1.54, 1.807) is 36.2 Å². The van der Waals surface area contributed by atoms with Gasteiger partial charge in [-0.05, 0) is 62.4 Å². The molecule has 5 rings (SSSR count). The molecule has 0 saturated carbocycles. The van der Waals surface area contributed by atoms with E-state index in [-0.39, 0.29) is 36.4 Å². The Balaban J connectivity index is 1.38. The highest BCUT2D eigenvalue weighted by atomic mass is 16.5. The van der Waals surface area contributed by atoms with E-state index in [1.807, 2.05) is 73.7 Å². The molecule has 0 spiro atoms. The topological polar surface area (TPSA) is 117 Å². The smallest absolute Gasteiger partial charge is 0.338 e. The molecular weight excluding hydrogens is 568 g/mol. The van der Waals surface area contributed by atoms with Crippen LogP contribution in [0, 0.1) is 5.92 Å². The summed E-state index contributed by atoms with van der Waals surface area (Å²) in [6, 6.07) is 25.6. The molecule has 2 heterocycles. The summed E-state index contributed by atoms with van der Waals surface area (Å²) >= 11 is 0. The predicted molar refractivity (Wildman–Crippen MR) is 171 cm³/mol. The lowest BCUT2D eigenvalue weighted by atomic mass is 9.93. The largest absolute Gasteiger partial charge is 0.462 e. The number of fused-ring (bicyclic) bond motifs is 1. The minimum absolute atomic E-state index is 0.0255. The van der Waals surface area contributed by atoms with Gasteiger partial charge in [0.05, 0.1) is 24.3 Å². The average Bonchev–Trinajstić information content (AvgIpc) is 3.46. The van der Waals surface area contributed by atoms with Crippen molar-refractivity contribution in [2.45, 2.75) is 69.2 Å². The van der Waals surface area contributed by atoms with Gasteiger partial charge in [0.15, 0.2) is 0 Å². The fourth-order valence-corrected chi connectivity index (χ4v) is 6.56. The summed E-state index contributed by atoms with van der Waals surface area (Å²) in [5.41, 5.74) is 2.30. The van der Waals surface area contributed by atoms with Crippen molar-refractivity contribution in [3.8, 4) is 0 Å². The van der Waals surface area contributed by atoms with Crippen molar-refractivity contribution in [2.24, 2.45) is 5.92 Å². The number of amides is 3. The SMILES string of the molecule is CC[C@H](NC)C(=O)N[C@@H]1C(=O)N2[C@@H](CC[C@@H]1COC(=O)c1ccccc1)CC[C@H]2C(=O)NC(c1ccccc1)c1ccccc1. The quantitative estimate of drug-likeness (QED) is 0.283. The molecule has 3 aromatic carbocycles. The van der Waals surface area contributed by atoms with Crippen molar-refractivity contribution in [2.75, 3.05) is 13.7 Å². The number of likely N-dealkylation sites (N-methyl/N-ethyl adjacent to an activating group) is 1. The lowest BCUT2D eigenvalue weighted by molar-refractivity contribution is -0.144. The van der Waals surface area contributed by atoms with Crippen LogP contribution in [-0.2, 0) is 19.1 Å². The van der Waals surface area contributed by atoms with E-state index in [0.717, 1.165) is 11.1 Å². The van der Waals surface area contributed by atoms with E-state index < -0.39 is 30.0 Å². The second kappa shape index (κ2) is 15.0. The maximum absolute atomic E-state index is 14.4. The third-order valence-corrected chi connectivity index (χ3v) is 9.03. The molecule has 3 amide bonds. The standard InChI is InChI=1S/C36H42N4O5/c1-3-29(37-2)33(41)39-32-27(23-45-36(44)26-17-11-6-12-18-26)19-20-28-21-22-30(40(28)35(32)43)34(42)38-31(24-13-7-4-8-14-24)25-15-9-5-10-16-25/h4-18,27-32,37H,3,19-23H2,1-2H3,(H,38,42)(H,39,41)/t27-,28+,29+,30+,32+/m1/s1. The Hall–Kier alpha value is -4.50. The van der Waals surface area contributed by atoms with E-state index in [1.165, 1.54) is 0 Å². The molecular formula is C36H42N4O5. The fourth-order valence-electron chi connectivity index (χ4n) is 6.56. The van der Waals surface area contributed by atoms with Crippen molar-refractivity contribution in [1.82, 2.24) is 20.9 Å². The molecule has 0 radical (unpaired) electrons. The number of hydrogen-bond acceptors (Lipinski definition) is 6. The molecule has 2 aliphatic heterocycles. The molecule has 5 atom stereocenters. The van der Waals surface area contributed by atoms with Gasteiger partial charge in [-0.1, -0.05) is 85.8 Å². The van der Waals surface area contributed by atoms with Gasteiger partial charge in [-0.25, -0.2) is 4.79 Å². The van der Waals surface area contributed by atoms with E-state index in [2.05, 4.69) is 16.0 Å². The van der Waals surface area contributed by atoms with Gasteiger partial charge < -0.3 is 25.6 Å². The van der Waals surface area contributed by atoms with Crippen LogP contribution in [0.3, 0.4) is 0 Å². The predicted octanol–water partition coefficient (Wildman–Crippen LogP) is 4.00. The van der Waals surface area contributed by atoms with Crippen molar-refractivity contribution in [3.63, 3.8) is 0 Å². The van der Waals surface area contributed by atoms with Gasteiger partial charge in [0.25, 0.3) is 0 Å². The number of nitrogens with one attached hydrogen (secondary N) is 3. The Morgan fingerprint density at radius 3 is 2.00 bits per heavy atom. The molecule has 0 bridgehead atoms. The third-order valence-electron chi connectivity index (χ3n) is 9.03. The minimum Gasteiger partial charge on any atom is -0.462 e. The van der Waals surface area contributed by atoms with Gasteiger partial charge >= 0.3 is 5.97 Å². The van der Waals surface area contributed by atoms with Gasteiger partial charge in [-0.15, -0.1) is 0 Å². The van der Waals surface area contributed by atoms with Crippen molar-refractivity contribution in [1.29, 1.82) is 0 Å². The summed E-state index contributed by atoms with van der Waals surface area (Å²) in [6.07, 6.45) is 2.94. The van der Waals surface area contributed by atoms with Gasteiger partial charge in [0, 0.05) is 12.0 Å². The second-order valence-corrected chi connectivity index (χ2v) is 11.8. The number of benzene rings is 3. The highest BCUT2D eigenvalue weighted by molar-refractivity contribution is 5.94. The Bertz CT molecular complexity index is 1410. The molecule has 9 nitrogen and oxygen atoms in total. The molecule has 2 fully saturated rings. The van der Waals surface area contributed by atoms with Crippen LogP contribution in [0.15, 0.2) is 91.0 Å². The zero-order valence-electron chi connectivity index (χ0n) is 25.9. The van der Waals surface area contributed by atoms with E-state index in [0.29, 0.717) is 37.7 Å². The lowest BCUT2D eigenvalue weighted by Gasteiger charge is -2.33. The van der Waals surface area contributed by atoms with E-state index in [9.17, 15) is 19.2 Å². The van der Waals surface area contributed by atoms with Crippen LogP contribution in [0.5, 0.6) is 0 Å². The van der Waals surface area contributed by atoms with Crippen molar-refractivity contribution in [3.05, 3.63) is 108 Å². The molecule has 0 aromatic heterocycles. The zero-order chi connectivity index (χ0) is 31.8. The number of ether oxygens (including phenoxy) is 1. The fraction of sp³-hybridized carbons (Fsp3) is 0.389. The molecule has 2 aliphatic rings. The molecule has 3 N–H and O–H groups in total. The van der Waals surface area contributed by atoms with Crippen molar-refractivity contribution < 1.29 is 23.9 Å². The maximum atomic E-state index is 14.4. The first-order valence-corrected chi connectivity index (χ1v) is 15.8. The van der Waals surface area contributed by atoms with Crippen LogP contribution >= 0.6 is 0 Å². The Morgan fingerprint density at radius 2 is 1.42 bits per heavy atom. The number of carbonyl (C=O) groups is 4. The van der Waals surface area contributed by atoms with Gasteiger partial charge in [0.1, 0.15) is 12.1 Å². The van der Waals surface area contributed by atoms with Crippen LogP contribution < -0.4 is 16.0 Å². The highest BCUT2D eigenvalue weighted by Crippen LogP contribution is 2.35. The van der Waals surface area contributed by atoms with Crippen LogP contribution in [0.1, 0.15) is 66.6 Å². The van der Waals surface area contributed by atoms with Crippen molar-refractivity contribution >= 4 is 23.7 Å². The summed E-state index contributed by atoms with van der Waals surface area (Å²) in [5.74, 6) is -1.77. The summed E-state index contributed by atoms with van der Waals surface area (Å²) in [4.78, 5) is 56.2. The average molecular weight is 611 g/mol. The molecule has 0 unspecified atom stereocenters. The number of nitrogens with zero attached hydrogens (tertiary/aromatic N) is 1. The Kier molecular flexibility index (Phi) is 10.6. The summed E-state index contributed by atoms with van der Waals surface area (Å²) in [5, 5.41) is 9.20. The minimum atomic E-state index is -0.944. The highest BCUT2D eigenvalue weighted by Gasteiger charge is 2.48. The maximum Gasteiger partial charge on any atom is 0.338 e. The number of rotatable bonds is 11. The van der Waals surface area contributed by atoms with Crippen LogP contribution in [0.25, 0.3) is 0 Å². The molecule has 2 saturated heterocycles. The number of hydrogen-bond donors (Lipinski definition) is 3. The van der Waals surface area contributed by atoms with Crippen LogP contribution in [0.2, 0.25) is 0 Å². The van der Waals surface area contributed by atoms with Gasteiger partial charge in [0.2, 0.25) is 17.7 Å².